The average molecular weight is 531 g/mol. The highest BCUT2D eigenvalue weighted by atomic mass is 19.4. The van der Waals surface area contributed by atoms with Crippen LogP contribution in [0.1, 0.15) is 79.3 Å². The summed E-state index contributed by atoms with van der Waals surface area (Å²) >= 11 is 0. The van der Waals surface area contributed by atoms with Gasteiger partial charge in [-0.05, 0) is 65.6 Å². The Morgan fingerprint density at radius 1 is 1.05 bits per heavy atom. The van der Waals surface area contributed by atoms with Crippen molar-refractivity contribution in [1.29, 1.82) is 0 Å². The molecule has 0 radical (unpaired) electrons. The van der Waals surface area contributed by atoms with E-state index in [-0.39, 0.29) is 12.5 Å². The summed E-state index contributed by atoms with van der Waals surface area (Å²) in [5.74, 6) is -0.707. The van der Waals surface area contributed by atoms with Crippen molar-refractivity contribution in [3.05, 3.63) is 69.8 Å². The van der Waals surface area contributed by atoms with Crippen molar-refractivity contribution >= 4 is 11.7 Å². The zero-order valence-corrected chi connectivity index (χ0v) is 22.2. The number of aliphatic carboxylic acids is 1. The summed E-state index contributed by atoms with van der Waals surface area (Å²) in [4.78, 5) is 18.6. The van der Waals surface area contributed by atoms with E-state index in [0.717, 1.165) is 48.8 Å². The topological polar surface area (TPSA) is 62.1 Å². The molecule has 2 aromatic rings. The maximum Gasteiger partial charge on any atom is 0.416 e. The number of aryl methyl sites for hydroxylation is 1. The van der Waals surface area contributed by atoms with Crippen LogP contribution in [0.3, 0.4) is 0 Å². The quantitative estimate of drug-likeness (QED) is 0.270. The molecule has 1 aliphatic heterocycles. The van der Waals surface area contributed by atoms with Crippen LogP contribution in [-0.4, -0.2) is 34.8 Å². The summed E-state index contributed by atoms with van der Waals surface area (Å²) < 4.78 is 41.5. The number of benzene rings is 2. The molecule has 1 saturated carbocycles. The van der Waals surface area contributed by atoms with Crippen molar-refractivity contribution in [1.82, 2.24) is 4.90 Å². The third kappa shape index (κ3) is 7.16. The number of hydrogen-bond acceptors (Lipinski definition) is 4. The van der Waals surface area contributed by atoms with Gasteiger partial charge >= 0.3 is 12.1 Å². The first-order valence-electron chi connectivity index (χ1n) is 13.6. The third-order valence-corrected chi connectivity index (χ3v) is 7.85. The van der Waals surface area contributed by atoms with Gasteiger partial charge in [-0.3, -0.25) is 9.69 Å². The molecule has 1 heterocycles. The van der Waals surface area contributed by atoms with Gasteiger partial charge < -0.3 is 9.94 Å². The molecule has 2 aliphatic rings. The van der Waals surface area contributed by atoms with E-state index in [0.29, 0.717) is 48.8 Å². The molecule has 0 amide bonds. The second-order valence-electron chi connectivity index (χ2n) is 10.7. The molecule has 8 heteroatoms. The van der Waals surface area contributed by atoms with Crippen LogP contribution in [0.25, 0.3) is 0 Å². The fourth-order valence-electron chi connectivity index (χ4n) is 5.54. The van der Waals surface area contributed by atoms with Crippen molar-refractivity contribution in [2.24, 2.45) is 17.0 Å². The van der Waals surface area contributed by atoms with Crippen LogP contribution in [0.2, 0.25) is 0 Å². The van der Waals surface area contributed by atoms with E-state index in [1.165, 1.54) is 12.5 Å². The smallest absolute Gasteiger partial charge is 0.416 e. The Balaban J connectivity index is 1.38. The van der Waals surface area contributed by atoms with Crippen LogP contribution in [0.4, 0.5) is 13.2 Å². The van der Waals surface area contributed by atoms with Gasteiger partial charge in [0.2, 0.25) is 0 Å². The molecule has 0 unspecified atom stereocenters. The number of oxime groups is 1. The third-order valence-electron chi connectivity index (χ3n) is 7.85. The lowest BCUT2D eigenvalue weighted by molar-refractivity contribution is -0.147. The van der Waals surface area contributed by atoms with Crippen LogP contribution in [0, 0.1) is 11.8 Å². The van der Waals surface area contributed by atoms with Gasteiger partial charge in [-0.15, -0.1) is 0 Å². The van der Waals surface area contributed by atoms with Gasteiger partial charge in [0.25, 0.3) is 0 Å². The monoisotopic (exact) mass is 530 g/mol. The highest BCUT2D eigenvalue weighted by molar-refractivity contribution is 5.98. The van der Waals surface area contributed by atoms with Crippen molar-refractivity contribution in [3.63, 3.8) is 0 Å². The number of hydrogen-bond donors (Lipinski definition) is 1. The first-order chi connectivity index (χ1) is 18.1. The molecule has 206 valence electrons. The number of halogens is 3. The molecule has 1 N–H and O–H groups in total. The number of rotatable bonds is 10. The van der Waals surface area contributed by atoms with Crippen molar-refractivity contribution < 1.29 is 27.9 Å². The van der Waals surface area contributed by atoms with Crippen LogP contribution in [0.15, 0.2) is 41.6 Å². The Morgan fingerprint density at radius 2 is 1.76 bits per heavy atom. The van der Waals surface area contributed by atoms with E-state index < -0.39 is 17.7 Å². The number of carboxylic acids is 1. The summed E-state index contributed by atoms with van der Waals surface area (Å²) in [6.45, 7) is 5.67. The molecule has 0 bridgehead atoms. The fraction of sp³-hybridized carbons (Fsp3) is 0.533. The highest BCUT2D eigenvalue weighted by Crippen LogP contribution is 2.36. The predicted octanol–water partition coefficient (Wildman–Crippen LogP) is 6.85. The summed E-state index contributed by atoms with van der Waals surface area (Å²) in [5.41, 5.74) is 4.09. The van der Waals surface area contributed by atoms with Crippen LogP contribution >= 0.6 is 0 Å². The van der Waals surface area contributed by atoms with Crippen LogP contribution in [-0.2, 0) is 41.8 Å². The van der Waals surface area contributed by atoms with Crippen LogP contribution in [0.5, 0.6) is 0 Å². The Bertz CT molecular complexity index is 1150. The molecule has 38 heavy (non-hydrogen) atoms. The molecule has 5 nitrogen and oxygen atoms in total. The predicted molar refractivity (Wildman–Crippen MR) is 141 cm³/mol. The van der Waals surface area contributed by atoms with Gasteiger partial charge in [-0.1, -0.05) is 68.4 Å². The lowest BCUT2D eigenvalue weighted by Gasteiger charge is -2.37. The number of carboxylic acid groups (broad SMARTS) is 1. The molecule has 0 spiro atoms. The van der Waals surface area contributed by atoms with E-state index >= 15 is 0 Å². The highest BCUT2D eigenvalue weighted by Gasteiger charge is 2.34. The number of likely N-dealkylation sites (tertiary alicyclic amines) is 1. The number of nitrogens with zero attached hydrogens (tertiary/aromatic N) is 2. The molecular weight excluding hydrogens is 493 g/mol. The molecular formula is C30H37F3N2O3. The number of alkyl halides is 3. The standard InChI is InChI=1S/C30H37F3N2O3/c1-3-23-15-24(11-12-26(23)16-35-17-27(18-35)29(36)37)20(2)34-38-19-22-9-10-25(28(14-22)30(31,32)33)13-21-7-5-4-6-8-21/h9-12,14-15,21,27H,3-8,13,16-19H2,1-2H3,(H,36,37)/b34-20+. The summed E-state index contributed by atoms with van der Waals surface area (Å²) in [6.07, 6.45) is 2.27. The maximum atomic E-state index is 13.8. The van der Waals surface area contributed by atoms with Gasteiger partial charge in [0.05, 0.1) is 17.2 Å². The molecule has 2 fully saturated rings. The van der Waals surface area contributed by atoms with E-state index in [1.54, 1.807) is 12.1 Å². The Labute approximate surface area is 222 Å². The second kappa shape index (κ2) is 12.3. The first-order valence-corrected chi connectivity index (χ1v) is 13.6. The Hall–Kier alpha value is -2.87. The second-order valence-corrected chi connectivity index (χ2v) is 10.7. The number of carbonyl (C=O) groups is 1. The summed E-state index contributed by atoms with van der Waals surface area (Å²) in [7, 11) is 0. The van der Waals surface area contributed by atoms with E-state index in [9.17, 15) is 18.0 Å². The molecule has 1 aliphatic carbocycles. The summed E-state index contributed by atoms with van der Waals surface area (Å²) in [6, 6.07) is 10.6. The van der Waals surface area contributed by atoms with E-state index in [4.69, 9.17) is 9.94 Å². The molecule has 4 rings (SSSR count). The van der Waals surface area contributed by atoms with Crippen LogP contribution < -0.4 is 0 Å². The Morgan fingerprint density at radius 3 is 2.42 bits per heavy atom. The molecule has 0 aromatic heterocycles. The molecule has 2 aromatic carbocycles. The lowest BCUT2D eigenvalue weighted by Crippen LogP contribution is -2.49. The van der Waals surface area contributed by atoms with E-state index in [2.05, 4.69) is 17.0 Å². The zero-order chi connectivity index (χ0) is 27.3. The molecule has 0 atom stereocenters. The first kappa shape index (κ1) is 28.1. The summed E-state index contributed by atoms with van der Waals surface area (Å²) in [5, 5.41) is 13.3. The van der Waals surface area contributed by atoms with Gasteiger partial charge in [-0.25, -0.2) is 0 Å². The molecule has 1 saturated heterocycles. The van der Waals surface area contributed by atoms with Crippen molar-refractivity contribution in [2.45, 2.75) is 78.1 Å². The van der Waals surface area contributed by atoms with Crippen molar-refractivity contribution in [2.75, 3.05) is 13.1 Å². The normalized spacial score (nSPS) is 17.9. The minimum absolute atomic E-state index is 0.0391. The minimum Gasteiger partial charge on any atom is -0.481 e. The average Bonchev–Trinajstić information content (AvgIpc) is 2.86. The van der Waals surface area contributed by atoms with Crippen molar-refractivity contribution in [3.8, 4) is 0 Å². The van der Waals surface area contributed by atoms with Gasteiger partial charge in [-0.2, -0.15) is 13.2 Å². The lowest BCUT2D eigenvalue weighted by atomic mass is 9.83. The van der Waals surface area contributed by atoms with Gasteiger partial charge in [0.1, 0.15) is 6.61 Å². The largest absolute Gasteiger partial charge is 0.481 e. The van der Waals surface area contributed by atoms with Gasteiger partial charge in [0.15, 0.2) is 0 Å². The Kier molecular flexibility index (Phi) is 9.13. The fourth-order valence-corrected chi connectivity index (χ4v) is 5.54. The maximum absolute atomic E-state index is 13.8. The SMILES string of the molecule is CCc1cc(/C(C)=N/OCc2ccc(CC3CCCCC3)c(C(F)(F)F)c2)ccc1CN1CC(C(=O)O)C1. The van der Waals surface area contributed by atoms with E-state index in [1.807, 2.05) is 25.1 Å². The zero-order valence-electron chi connectivity index (χ0n) is 22.2. The van der Waals surface area contributed by atoms with Gasteiger partial charge in [0, 0.05) is 19.6 Å². The minimum atomic E-state index is -4.40.